The van der Waals surface area contributed by atoms with Gasteiger partial charge in [-0.25, -0.2) is 0 Å². The van der Waals surface area contributed by atoms with Crippen LogP contribution in [-0.2, 0) is 12.0 Å². The number of phenols is 2. The van der Waals surface area contributed by atoms with Gasteiger partial charge in [-0.3, -0.25) is 4.79 Å². The number of allylic oxidation sites excluding steroid dienone is 3. The molecule has 194 valence electrons. The Bertz CT molecular complexity index is 1420. The smallest absolute Gasteiger partial charge is 0.318 e. The lowest BCUT2D eigenvalue weighted by molar-refractivity contribution is -0.202. The number of carbonyl (C=O) groups is 1. The van der Waals surface area contributed by atoms with E-state index in [9.17, 15) is 20.1 Å². The van der Waals surface area contributed by atoms with E-state index in [1.807, 2.05) is 53.7 Å². The number of Topliss-reactive ketones (excluding diaryl/α,β-unsaturated/α-hetero) is 1. The zero-order chi connectivity index (χ0) is 26.9. The molecule has 7 nitrogen and oxygen atoms in total. The van der Waals surface area contributed by atoms with Gasteiger partial charge in [-0.05, 0) is 72.2 Å². The van der Waals surface area contributed by atoms with Crippen molar-refractivity contribution in [3.63, 3.8) is 0 Å². The fraction of sp³-hybridized carbons (Fsp3) is 0.367. The molecule has 37 heavy (non-hydrogen) atoms. The maximum atomic E-state index is 14.2. The molecule has 0 fully saturated rings. The third-order valence-electron chi connectivity index (χ3n) is 7.06. The summed E-state index contributed by atoms with van der Waals surface area (Å²) in [7, 11) is 0. The van der Waals surface area contributed by atoms with Gasteiger partial charge in [0, 0.05) is 23.6 Å². The van der Waals surface area contributed by atoms with Crippen LogP contribution in [0.25, 0.3) is 6.08 Å². The lowest BCUT2D eigenvalue weighted by Gasteiger charge is -2.44. The number of aromatic hydroxyl groups is 2. The third kappa shape index (κ3) is 3.63. The largest absolute Gasteiger partial charge is 0.508 e. The van der Waals surface area contributed by atoms with Gasteiger partial charge in [-0.1, -0.05) is 23.3 Å². The van der Waals surface area contributed by atoms with E-state index in [1.165, 1.54) is 12.1 Å². The number of hydrogen-bond donors (Lipinski definition) is 3. The maximum Gasteiger partial charge on any atom is 0.318 e. The van der Waals surface area contributed by atoms with Crippen LogP contribution in [0, 0.1) is 0 Å². The van der Waals surface area contributed by atoms with Crippen LogP contribution in [0.2, 0.25) is 0 Å². The van der Waals surface area contributed by atoms with Crippen LogP contribution in [0.1, 0.15) is 75.0 Å². The Balaban J connectivity index is 1.84. The Labute approximate surface area is 216 Å². The molecule has 0 saturated carbocycles. The Hall–Kier alpha value is -3.71. The first-order valence-corrected chi connectivity index (χ1v) is 12.3. The van der Waals surface area contributed by atoms with Gasteiger partial charge < -0.3 is 29.5 Å². The average Bonchev–Trinajstić information content (AvgIpc) is 3.05. The molecule has 2 aromatic carbocycles. The van der Waals surface area contributed by atoms with Crippen molar-refractivity contribution in [1.29, 1.82) is 0 Å². The average molecular weight is 505 g/mol. The van der Waals surface area contributed by atoms with Gasteiger partial charge in [-0.15, -0.1) is 0 Å². The summed E-state index contributed by atoms with van der Waals surface area (Å²) in [5, 5.41) is 33.4. The van der Waals surface area contributed by atoms with Gasteiger partial charge >= 0.3 is 5.79 Å². The SMILES string of the molecule is CC(C)=CCc1c2c(c(O)c3c1O[C@]1(CC=C(C)C)c4ccc(O)cc4O[C@]1(O)C3=O)C=CC(C)(C)O2. The number of ether oxygens (including phenoxy) is 3. The minimum Gasteiger partial charge on any atom is -0.508 e. The Morgan fingerprint density at radius 1 is 0.973 bits per heavy atom. The summed E-state index contributed by atoms with van der Waals surface area (Å²) < 4.78 is 18.9. The summed E-state index contributed by atoms with van der Waals surface area (Å²) >= 11 is 0. The maximum absolute atomic E-state index is 14.2. The van der Waals surface area contributed by atoms with E-state index < -0.39 is 22.8 Å². The molecule has 3 aliphatic heterocycles. The molecule has 0 saturated heterocycles. The third-order valence-corrected chi connectivity index (χ3v) is 7.06. The van der Waals surface area contributed by atoms with E-state index in [0.29, 0.717) is 28.9 Å². The van der Waals surface area contributed by atoms with E-state index >= 15 is 0 Å². The summed E-state index contributed by atoms with van der Waals surface area (Å²) in [5.74, 6) is -2.98. The second kappa shape index (κ2) is 8.15. The number of carbonyl (C=O) groups excluding carboxylic acids is 1. The van der Waals surface area contributed by atoms with Crippen LogP contribution < -0.4 is 14.2 Å². The Morgan fingerprint density at radius 2 is 1.68 bits per heavy atom. The van der Waals surface area contributed by atoms with Crippen molar-refractivity contribution < 1.29 is 34.3 Å². The fourth-order valence-corrected chi connectivity index (χ4v) is 5.12. The molecule has 3 heterocycles. The molecular formula is C30H32O7. The van der Waals surface area contributed by atoms with Gasteiger partial charge in [0.25, 0.3) is 0 Å². The Morgan fingerprint density at radius 3 is 2.35 bits per heavy atom. The van der Waals surface area contributed by atoms with Crippen LogP contribution in [0.4, 0.5) is 0 Å². The van der Waals surface area contributed by atoms with E-state index in [0.717, 1.165) is 11.1 Å². The summed E-state index contributed by atoms with van der Waals surface area (Å²) in [5.41, 5.74) is 0.932. The van der Waals surface area contributed by atoms with Crippen molar-refractivity contribution in [2.24, 2.45) is 0 Å². The van der Waals surface area contributed by atoms with Crippen LogP contribution in [-0.4, -0.2) is 32.5 Å². The molecule has 0 bridgehead atoms. The fourth-order valence-electron chi connectivity index (χ4n) is 5.12. The summed E-state index contributed by atoms with van der Waals surface area (Å²) in [6.07, 6.45) is 7.89. The standard InChI is InChI=1S/C30H32O7/c1-16(2)7-9-20-25-19(12-13-28(5,6)36-25)24(32)23-26(20)37-29(14-11-17(3)4)21-10-8-18(31)15-22(21)35-30(29,34)27(23)33/h7-8,10-13,15,31-32,34H,9,14H2,1-6H3/t29-,30-/m1/s1. The van der Waals surface area contributed by atoms with E-state index in [4.69, 9.17) is 14.2 Å². The van der Waals surface area contributed by atoms with Gasteiger partial charge in [0.05, 0.1) is 5.56 Å². The van der Waals surface area contributed by atoms with Crippen molar-refractivity contribution in [3.05, 3.63) is 69.8 Å². The highest BCUT2D eigenvalue weighted by Gasteiger charge is 2.70. The second-order valence-electron chi connectivity index (χ2n) is 11.0. The zero-order valence-electron chi connectivity index (χ0n) is 21.9. The predicted molar refractivity (Wildman–Crippen MR) is 139 cm³/mol. The highest BCUT2D eigenvalue weighted by Crippen LogP contribution is 2.60. The molecule has 0 spiro atoms. The van der Waals surface area contributed by atoms with Crippen molar-refractivity contribution in [3.8, 4) is 28.7 Å². The molecule has 3 aliphatic rings. The normalized spacial score (nSPS) is 23.9. The first kappa shape index (κ1) is 25.0. The molecule has 2 atom stereocenters. The van der Waals surface area contributed by atoms with E-state index in [1.54, 1.807) is 18.2 Å². The van der Waals surface area contributed by atoms with Crippen molar-refractivity contribution in [2.75, 3.05) is 0 Å². The molecule has 0 aromatic heterocycles. The number of phenolic OH excluding ortho intramolecular Hbond substituents is 2. The summed E-state index contributed by atoms with van der Waals surface area (Å²) in [4.78, 5) is 14.2. The first-order valence-electron chi connectivity index (χ1n) is 12.3. The molecule has 7 heteroatoms. The molecule has 0 radical (unpaired) electrons. The molecule has 3 N–H and O–H groups in total. The van der Waals surface area contributed by atoms with Crippen molar-refractivity contribution in [1.82, 2.24) is 0 Å². The number of fused-ring (bicyclic) bond motifs is 5. The second-order valence-corrected chi connectivity index (χ2v) is 11.0. The minimum absolute atomic E-state index is 0.0772. The molecule has 2 aromatic rings. The number of rotatable bonds is 4. The van der Waals surface area contributed by atoms with Crippen LogP contribution >= 0.6 is 0 Å². The van der Waals surface area contributed by atoms with Crippen molar-refractivity contribution in [2.45, 2.75) is 71.4 Å². The highest BCUT2D eigenvalue weighted by atomic mass is 16.7. The lowest BCUT2D eigenvalue weighted by Crippen LogP contribution is -2.62. The highest BCUT2D eigenvalue weighted by molar-refractivity contribution is 6.10. The van der Waals surface area contributed by atoms with Crippen LogP contribution in [0.15, 0.2) is 47.6 Å². The topological polar surface area (TPSA) is 105 Å². The van der Waals surface area contributed by atoms with E-state index in [-0.39, 0.29) is 35.0 Å². The lowest BCUT2D eigenvalue weighted by atomic mass is 9.76. The molecular weight excluding hydrogens is 472 g/mol. The number of benzene rings is 2. The van der Waals surface area contributed by atoms with Gasteiger partial charge in [-0.2, -0.15) is 0 Å². The molecule has 0 unspecified atom stereocenters. The quantitative estimate of drug-likeness (QED) is 0.459. The number of ketones is 1. The summed E-state index contributed by atoms with van der Waals surface area (Å²) in [6, 6.07) is 4.41. The Kier molecular flexibility index (Phi) is 5.50. The number of hydrogen-bond acceptors (Lipinski definition) is 7. The molecule has 5 rings (SSSR count). The van der Waals surface area contributed by atoms with E-state index in [2.05, 4.69) is 0 Å². The number of aliphatic hydroxyl groups is 1. The minimum atomic E-state index is -2.47. The summed E-state index contributed by atoms with van der Waals surface area (Å²) in [6.45, 7) is 11.6. The monoisotopic (exact) mass is 504 g/mol. The zero-order valence-corrected chi connectivity index (χ0v) is 21.9. The van der Waals surface area contributed by atoms with Crippen LogP contribution in [0.5, 0.6) is 28.7 Å². The molecule has 0 amide bonds. The van der Waals surface area contributed by atoms with Gasteiger partial charge in [0.1, 0.15) is 39.9 Å². The predicted octanol–water partition coefficient (Wildman–Crippen LogP) is 5.70. The first-order chi connectivity index (χ1) is 17.3. The van der Waals surface area contributed by atoms with Gasteiger partial charge in [0.15, 0.2) is 0 Å². The van der Waals surface area contributed by atoms with Crippen LogP contribution in [0.3, 0.4) is 0 Å². The molecule has 0 aliphatic carbocycles. The van der Waals surface area contributed by atoms with Gasteiger partial charge in [0.2, 0.25) is 11.4 Å². The van der Waals surface area contributed by atoms with Crippen molar-refractivity contribution >= 4 is 11.9 Å².